The van der Waals surface area contributed by atoms with Gasteiger partial charge in [-0.25, -0.2) is 13.4 Å². The summed E-state index contributed by atoms with van der Waals surface area (Å²) < 4.78 is 26.3. The van der Waals surface area contributed by atoms with E-state index in [1.54, 1.807) is 0 Å². The number of rotatable bonds is 4. The van der Waals surface area contributed by atoms with Crippen LogP contribution in [-0.2, 0) is 21.3 Å². The standard InChI is InChI=1S/C19H15NO2S2/c21-24(22,13-19-20-17-10-3-4-11-18(17)23-19)12-15-8-5-7-14-6-1-2-9-16(14)15/h1-11H,12-13H2. The molecule has 0 saturated heterocycles. The van der Waals surface area contributed by atoms with Crippen molar-refractivity contribution in [2.45, 2.75) is 11.5 Å². The zero-order valence-electron chi connectivity index (χ0n) is 12.8. The van der Waals surface area contributed by atoms with E-state index < -0.39 is 9.84 Å². The smallest absolute Gasteiger partial charge is 0.160 e. The van der Waals surface area contributed by atoms with Crippen LogP contribution in [0.15, 0.2) is 66.7 Å². The number of benzene rings is 3. The third-order valence-corrected chi connectivity index (χ3v) is 6.62. The quantitative estimate of drug-likeness (QED) is 0.540. The maximum absolute atomic E-state index is 12.7. The van der Waals surface area contributed by atoms with Gasteiger partial charge >= 0.3 is 0 Å². The lowest BCUT2D eigenvalue weighted by atomic mass is 10.1. The van der Waals surface area contributed by atoms with Gasteiger partial charge in [-0.2, -0.15) is 0 Å². The Morgan fingerprint density at radius 1 is 0.833 bits per heavy atom. The highest BCUT2D eigenvalue weighted by molar-refractivity contribution is 7.90. The van der Waals surface area contributed by atoms with Gasteiger partial charge in [0, 0.05) is 0 Å². The lowest BCUT2D eigenvalue weighted by molar-refractivity contribution is 0.594. The largest absolute Gasteiger partial charge is 0.240 e. The Morgan fingerprint density at radius 3 is 2.46 bits per heavy atom. The van der Waals surface area contributed by atoms with Crippen molar-refractivity contribution in [1.82, 2.24) is 4.98 Å². The minimum Gasteiger partial charge on any atom is -0.240 e. The van der Waals surface area contributed by atoms with E-state index in [0.29, 0.717) is 5.01 Å². The van der Waals surface area contributed by atoms with Crippen molar-refractivity contribution in [2.75, 3.05) is 0 Å². The van der Waals surface area contributed by atoms with Crippen molar-refractivity contribution in [3.8, 4) is 0 Å². The van der Waals surface area contributed by atoms with Gasteiger partial charge in [0.25, 0.3) is 0 Å². The van der Waals surface area contributed by atoms with Crippen LogP contribution < -0.4 is 0 Å². The van der Waals surface area contributed by atoms with Gasteiger partial charge in [-0.05, 0) is 28.5 Å². The second-order valence-electron chi connectivity index (χ2n) is 5.75. The summed E-state index contributed by atoms with van der Waals surface area (Å²) in [7, 11) is -3.28. The molecule has 0 atom stereocenters. The molecule has 0 spiro atoms. The van der Waals surface area contributed by atoms with E-state index in [4.69, 9.17) is 0 Å². The summed E-state index contributed by atoms with van der Waals surface area (Å²) in [4.78, 5) is 4.44. The molecular weight excluding hydrogens is 338 g/mol. The van der Waals surface area contributed by atoms with Crippen LogP contribution in [0.5, 0.6) is 0 Å². The minimum absolute atomic E-state index is 0.0183. The van der Waals surface area contributed by atoms with Crippen molar-refractivity contribution in [2.24, 2.45) is 0 Å². The van der Waals surface area contributed by atoms with Crippen LogP contribution >= 0.6 is 11.3 Å². The third-order valence-electron chi connectivity index (χ3n) is 3.94. The molecule has 0 bridgehead atoms. The number of hydrogen-bond donors (Lipinski definition) is 0. The van der Waals surface area contributed by atoms with Crippen molar-refractivity contribution >= 4 is 42.2 Å². The van der Waals surface area contributed by atoms with Gasteiger partial charge in [-0.15, -0.1) is 11.3 Å². The maximum atomic E-state index is 12.7. The predicted molar refractivity (Wildman–Crippen MR) is 99.9 cm³/mol. The molecule has 3 aromatic carbocycles. The van der Waals surface area contributed by atoms with Gasteiger partial charge in [0.2, 0.25) is 0 Å². The van der Waals surface area contributed by atoms with Crippen LogP contribution in [0.2, 0.25) is 0 Å². The molecule has 24 heavy (non-hydrogen) atoms. The summed E-state index contributed by atoms with van der Waals surface area (Å²) in [6.45, 7) is 0. The van der Waals surface area contributed by atoms with E-state index in [-0.39, 0.29) is 11.5 Å². The Morgan fingerprint density at radius 2 is 1.58 bits per heavy atom. The van der Waals surface area contributed by atoms with Crippen molar-refractivity contribution in [3.63, 3.8) is 0 Å². The zero-order chi connectivity index (χ0) is 16.6. The first-order valence-electron chi connectivity index (χ1n) is 7.62. The Labute approximate surface area is 144 Å². The highest BCUT2D eigenvalue weighted by Gasteiger charge is 2.17. The summed E-state index contributed by atoms with van der Waals surface area (Å²) >= 11 is 1.45. The number of fused-ring (bicyclic) bond motifs is 2. The number of nitrogens with zero attached hydrogens (tertiary/aromatic N) is 1. The van der Waals surface area contributed by atoms with Gasteiger partial charge in [-0.1, -0.05) is 54.6 Å². The molecule has 0 unspecified atom stereocenters. The molecule has 5 heteroatoms. The molecule has 0 fully saturated rings. The molecule has 4 aromatic rings. The topological polar surface area (TPSA) is 47.0 Å². The second-order valence-corrected chi connectivity index (χ2v) is 8.93. The number of thiazole rings is 1. The predicted octanol–water partition coefficient (Wildman–Crippen LogP) is 4.56. The van der Waals surface area contributed by atoms with Crippen LogP contribution in [0.4, 0.5) is 0 Å². The highest BCUT2D eigenvalue weighted by Crippen LogP contribution is 2.25. The van der Waals surface area contributed by atoms with E-state index in [0.717, 1.165) is 26.6 Å². The summed E-state index contributed by atoms with van der Waals surface area (Å²) in [5.41, 5.74) is 1.70. The number of para-hydroxylation sites is 1. The van der Waals surface area contributed by atoms with Gasteiger partial charge in [0.1, 0.15) is 10.8 Å². The van der Waals surface area contributed by atoms with Gasteiger partial charge < -0.3 is 0 Å². The SMILES string of the molecule is O=S(=O)(Cc1nc2ccccc2s1)Cc1cccc2ccccc12. The summed E-state index contributed by atoms with van der Waals surface area (Å²) in [6.07, 6.45) is 0. The molecule has 0 aliphatic rings. The molecule has 0 saturated carbocycles. The van der Waals surface area contributed by atoms with Crippen molar-refractivity contribution in [3.05, 3.63) is 77.3 Å². The van der Waals surface area contributed by atoms with Crippen molar-refractivity contribution < 1.29 is 8.42 Å². The molecule has 0 aliphatic carbocycles. The molecule has 1 aromatic heterocycles. The fourth-order valence-electron chi connectivity index (χ4n) is 2.88. The summed E-state index contributed by atoms with van der Waals surface area (Å²) in [5.74, 6) is 0.0137. The molecule has 4 rings (SSSR count). The first kappa shape index (κ1) is 15.3. The van der Waals surface area contributed by atoms with E-state index in [1.165, 1.54) is 11.3 Å². The summed E-state index contributed by atoms with van der Waals surface area (Å²) in [5, 5.41) is 2.70. The van der Waals surface area contributed by atoms with Crippen LogP contribution in [0.3, 0.4) is 0 Å². The van der Waals surface area contributed by atoms with E-state index in [1.807, 2.05) is 66.7 Å². The Balaban J connectivity index is 1.65. The van der Waals surface area contributed by atoms with Crippen LogP contribution in [0.25, 0.3) is 21.0 Å². The van der Waals surface area contributed by atoms with Gasteiger partial charge in [0.05, 0.1) is 16.0 Å². The molecular formula is C19H15NO2S2. The average molecular weight is 353 g/mol. The first-order chi connectivity index (χ1) is 11.6. The van der Waals surface area contributed by atoms with Crippen LogP contribution in [-0.4, -0.2) is 13.4 Å². The molecule has 120 valence electrons. The molecule has 0 radical (unpaired) electrons. The first-order valence-corrected chi connectivity index (χ1v) is 10.3. The molecule has 0 amide bonds. The third kappa shape index (κ3) is 3.05. The minimum atomic E-state index is -3.28. The Bertz CT molecular complexity index is 1090. The van der Waals surface area contributed by atoms with Gasteiger partial charge in [-0.3, -0.25) is 0 Å². The lowest BCUT2D eigenvalue weighted by Crippen LogP contribution is -2.07. The second kappa shape index (κ2) is 6.00. The molecule has 1 heterocycles. The van der Waals surface area contributed by atoms with Gasteiger partial charge in [0.15, 0.2) is 9.84 Å². The van der Waals surface area contributed by atoms with E-state index >= 15 is 0 Å². The highest BCUT2D eigenvalue weighted by atomic mass is 32.2. The van der Waals surface area contributed by atoms with E-state index in [9.17, 15) is 8.42 Å². The number of hydrogen-bond acceptors (Lipinski definition) is 4. The monoisotopic (exact) mass is 353 g/mol. The Hall–Kier alpha value is -2.24. The number of sulfone groups is 1. The van der Waals surface area contributed by atoms with Crippen molar-refractivity contribution in [1.29, 1.82) is 0 Å². The molecule has 0 N–H and O–H groups in total. The lowest BCUT2D eigenvalue weighted by Gasteiger charge is -2.07. The fourth-order valence-corrected chi connectivity index (χ4v) is 5.68. The summed E-state index contributed by atoms with van der Waals surface area (Å²) in [6, 6.07) is 21.4. The molecule has 3 nitrogen and oxygen atoms in total. The molecule has 0 aliphatic heterocycles. The van der Waals surface area contributed by atoms with E-state index in [2.05, 4.69) is 4.98 Å². The number of aromatic nitrogens is 1. The van der Waals surface area contributed by atoms with Crippen LogP contribution in [0, 0.1) is 0 Å². The fraction of sp³-hybridized carbons (Fsp3) is 0.105. The Kier molecular flexibility index (Phi) is 3.82. The van der Waals surface area contributed by atoms with Crippen LogP contribution in [0.1, 0.15) is 10.6 Å². The maximum Gasteiger partial charge on any atom is 0.160 e. The zero-order valence-corrected chi connectivity index (χ0v) is 14.5. The normalized spacial score (nSPS) is 12.0. The average Bonchev–Trinajstić information content (AvgIpc) is 2.96.